The Morgan fingerprint density at radius 1 is 1.26 bits per heavy atom. The van der Waals surface area contributed by atoms with Gasteiger partial charge in [-0.25, -0.2) is 4.98 Å². The van der Waals surface area contributed by atoms with Gasteiger partial charge in [-0.05, 0) is 44.9 Å². The van der Waals surface area contributed by atoms with Crippen LogP contribution < -0.4 is 10.6 Å². The van der Waals surface area contributed by atoms with Gasteiger partial charge in [0, 0.05) is 31.7 Å². The van der Waals surface area contributed by atoms with Gasteiger partial charge in [-0.3, -0.25) is 4.99 Å². The summed E-state index contributed by atoms with van der Waals surface area (Å²) in [6.07, 6.45) is 6.86. The van der Waals surface area contributed by atoms with E-state index >= 15 is 0 Å². The largest absolute Gasteiger partial charge is 0.444 e. The van der Waals surface area contributed by atoms with E-state index in [1.807, 2.05) is 30.3 Å². The van der Waals surface area contributed by atoms with Crippen molar-refractivity contribution in [1.29, 1.82) is 0 Å². The molecular weight excluding hydrogens is 338 g/mol. The monoisotopic (exact) mass is 369 g/mol. The highest BCUT2D eigenvalue weighted by Crippen LogP contribution is 2.18. The summed E-state index contributed by atoms with van der Waals surface area (Å²) >= 11 is 0. The highest BCUT2D eigenvalue weighted by Gasteiger charge is 2.17. The van der Waals surface area contributed by atoms with Crippen molar-refractivity contribution >= 4 is 5.96 Å². The number of hydrogen-bond donors (Lipinski definition) is 2. The fourth-order valence-electron chi connectivity index (χ4n) is 3.48. The lowest BCUT2D eigenvalue weighted by molar-refractivity contribution is 0.159. The molecule has 2 N–H and O–H groups in total. The predicted octanol–water partition coefficient (Wildman–Crippen LogP) is 3.27. The number of rotatable bonds is 7. The molecule has 0 spiro atoms. The third kappa shape index (κ3) is 5.82. The number of nitrogens with zero attached hydrogens (tertiary/aromatic N) is 3. The number of piperidine rings is 1. The zero-order valence-corrected chi connectivity index (χ0v) is 16.4. The SMILES string of the molecule is CN=C(NCCCN1CCCCC1C)NCc1coc(-c2ccccc2)n1. The molecule has 2 aromatic rings. The highest BCUT2D eigenvalue weighted by molar-refractivity contribution is 5.79. The molecule has 2 heterocycles. The number of likely N-dealkylation sites (tertiary alicyclic amines) is 1. The Labute approximate surface area is 162 Å². The van der Waals surface area contributed by atoms with Crippen molar-refractivity contribution in [2.45, 2.75) is 45.2 Å². The molecule has 6 heteroatoms. The minimum atomic E-state index is 0.583. The van der Waals surface area contributed by atoms with Gasteiger partial charge in [0.1, 0.15) is 6.26 Å². The molecule has 3 rings (SSSR count). The predicted molar refractivity (Wildman–Crippen MR) is 110 cm³/mol. The first kappa shape index (κ1) is 19.4. The molecule has 1 aromatic carbocycles. The van der Waals surface area contributed by atoms with Crippen LogP contribution in [0.4, 0.5) is 0 Å². The minimum absolute atomic E-state index is 0.583. The summed E-state index contributed by atoms with van der Waals surface area (Å²) in [6, 6.07) is 10.7. The second-order valence-electron chi connectivity index (χ2n) is 7.10. The van der Waals surface area contributed by atoms with E-state index in [2.05, 4.69) is 32.4 Å². The van der Waals surface area contributed by atoms with Crippen molar-refractivity contribution in [3.05, 3.63) is 42.3 Å². The van der Waals surface area contributed by atoms with E-state index in [4.69, 9.17) is 4.42 Å². The summed E-state index contributed by atoms with van der Waals surface area (Å²) in [4.78, 5) is 11.4. The van der Waals surface area contributed by atoms with Crippen LogP contribution in [0.25, 0.3) is 11.5 Å². The van der Waals surface area contributed by atoms with Crippen molar-refractivity contribution in [2.24, 2.45) is 4.99 Å². The number of aromatic nitrogens is 1. The lowest BCUT2D eigenvalue weighted by atomic mass is 10.0. The Morgan fingerprint density at radius 3 is 2.89 bits per heavy atom. The van der Waals surface area contributed by atoms with Gasteiger partial charge in [-0.1, -0.05) is 24.6 Å². The molecule has 1 aliphatic rings. The van der Waals surface area contributed by atoms with Crippen LogP contribution in [-0.2, 0) is 6.54 Å². The van der Waals surface area contributed by atoms with Crippen LogP contribution in [0.5, 0.6) is 0 Å². The average molecular weight is 370 g/mol. The van der Waals surface area contributed by atoms with Gasteiger partial charge in [0.05, 0.1) is 12.2 Å². The van der Waals surface area contributed by atoms with Crippen molar-refractivity contribution in [2.75, 3.05) is 26.7 Å². The molecule has 6 nitrogen and oxygen atoms in total. The first-order chi connectivity index (χ1) is 13.3. The Morgan fingerprint density at radius 2 is 2.11 bits per heavy atom. The Balaban J connectivity index is 1.38. The number of guanidine groups is 1. The number of oxazole rings is 1. The average Bonchev–Trinajstić information content (AvgIpc) is 3.18. The maximum Gasteiger partial charge on any atom is 0.226 e. The van der Waals surface area contributed by atoms with E-state index in [0.717, 1.165) is 42.8 Å². The molecule has 0 aliphatic carbocycles. The zero-order chi connectivity index (χ0) is 18.9. The van der Waals surface area contributed by atoms with Crippen molar-refractivity contribution in [1.82, 2.24) is 20.5 Å². The van der Waals surface area contributed by atoms with Crippen LogP contribution in [0.3, 0.4) is 0 Å². The summed E-state index contributed by atoms with van der Waals surface area (Å²) in [7, 11) is 1.79. The summed E-state index contributed by atoms with van der Waals surface area (Å²) in [5, 5.41) is 6.69. The van der Waals surface area contributed by atoms with E-state index in [0.29, 0.717) is 12.4 Å². The van der Waals surface area contributed by atoms with Gasteiger partial charge in [-0.2, -0.15) is 0 Å². The zero-order valence-electron chi connectivity index (χ0n) is 16.4. The van der Waals surface area contributed by atoms with Crippen LogP contribution >= 0.6 is 0 Å². The second kappa shape index (κ2) is 10.1. The van der Waals surface area contributed by atoms with E-state index < -0.39 is 0 Å². The van der Waals surface area contributed by atoms with Gasteiger partial charge in [0.2, 0.25) is 5.89 Å². The minimum Gasteiger partial charge on any atom is -0.444 e. The Hall–Kier alpha value is -2.34. The number of aliphatic imine (C=N–C) groups is 1. The fourth-order valence-corrected chi connectivity index (χ4v) is 3.48. The molecule has 1 aromatic heterocycles. The molecule has 1 atom stereocenters. The van der Waals surface area contributed by atoms with E-state index in [1.54, 1.807) is 13.3 Å². The molecular formula is C21H31N5O. The van der Waals surface area contributed by atoms with Crippen molar-refractivity contribution in [3.63, 3.8) is 0 Å². The van der Waals surface area contributed by atoms with Gasteiger partial charge in [0.15, 0.2) is 5.96 Å². The van der Waals surface area contributed by atoms with E-state index in [1.165, 1.54) is 25.8 Å². The first-order valence-electron chi connectivity index (χ1n) is 9.94. The molecule has 1 unspecified atom stereocenters. The topological polar surface area (TPSA) is 65.7 Å². The van der Waals surface area contributed by atoms with Gasteiger partial charge in [0.25, 0.3) is 0 Å². The van der Waals surface area contributed by atoms with E-state index in [9.17, 15) is 0 Å². The van der Waals surface area contributed by atoms with E-state index in [-0.39, 0.29) is 0 Å². The lowest BCUT2D eigenvalue weighted by Gasteiger charge is -2.33. The second-order valence-corrected chi connectivity index (χ2v) is 7.10. The third-order valence-corrected chi connectivity index (χ3v) is 5.09. The third-order valence-electron chi connectivity index (χ3n) is 5.09. The molecule has 1 fully saturated rings. The molecule has 0 amide bonds. The molecule has 0 bridgehead atoms. The summed E-state index contributed by atoms with van der Waals surface area (Å²) in [6.45, 7) is 6.23. The number of hydrogen-bond acceptors (Lipinski definition) is 4. The van der Waals surface area contributed by atoms with Crippen LogP contribution in [-0.4, -0.2) is 48.6 Å². The molecule has 1 aliphatic heterocycles. The summed E-state index contributed by atoms with van der Waals surface area (Å²) < 4.78 is 5.58. The van der Waals surface area contributed by atoms with Gasteiger partial charge in [-0.15, -0.1) is 0 Å². The number of nitrogens with one attached hydrogen (secondary N) is 2. The lowest BCUT2D eigenvalue weighted by Crippen LogP contribution is -2.41. The van der Waals surface area contributed by atoms with Crippen LogP contribution in [0.1, 0.15) is 38.3 Å². The molecule has 0 saturated carbocycles. The van der Waals surface area contributed by atoms with Crippen molar-refractivity contribution in [3.8, 4) is 11.5 Å². The number of benzene rings is 1. The van der Waals surface area contributed by atoms with Crippen LogP contribution in [0.15, 0.2) is 46.0 Å². The summed E-state index contributed by atoms with van der Waals surface area (Å²) in [5.41, 5.74) is 1.84. The Kier molecular flexibility index (Phi) is 7.27. The molecule has 1 saturated heterocycles. The maximum atomic E-state index is 5.58. The van der Waals surface area contributed by atoms with Crippen molar-refractivity contribution < 1.29 is 4.42 Å². The highest BCUT2D eigenvalue weighted by atomic mass is 16.3. The molecule has 146 valence electrons. The molecule has 0 radical (unpaired) electrons. The molecule has 27 heavy (non-hydrogen) atoms. The fraction of sp³-hybridized carbons (Fsp3) is 0.524. The smallest absolute Gasteiger partial charge is 0.226 e. The van der Waals surface area contributed by atoms with Crippen LogP contribution in [0, 0.1) is 0 Å². The maximum absolute atomic E-state index is 5.58. The standard InChI is InChI=1S/C21H31N5O/c1-17-9-6-7-13-26(17)14-8-12-23-21(22-2)24-15-19-16-27-20(25-19)18-10-4-3-5-11-18/h3-5,10-11,16-17H,6-9,12-15H2,1-2H3,(H2,22,23,24). The van der Waals surface area contributed by atoms with Gasteiger partial charge >= 0.3 is 0 Å². The normalized spacial score (nSPS) is 18.4. The first-order valence-corrected chi connectivity index (χ1v) is 9.94. The van der Waals surface area contributed by atoms with Crippen LogP contribution in [0.2, 0.25) is 0 Å². The van der Waals surface area contributed by atoms with Gasteiger partial charge < -0.3 is 20.0 Å². The summed E-state index contributed by atoms with van der Waals surface area (Å²) in [5.74, 6) is 1.44. The Bertz CT molecular complexity index is 712. The quantitative estimate of drug-likeness (QED) is 0.445.